The highest BCUT2D eigenvalue weighted by Crippen LogP contribution is 2.29. The fourth-order valence-corrected chi connectivity index (χ4v) is 3.48. The SMILES string of the molecule is Cc1ccc(Oc2ccccc2NC(=O)c2cccc(CS(C)(=O)=O)c2)cc1. The van der Waals surface area contributed by atoms with E-state index < -0.39 is 9.84 Å². The maximum Gasteiger partial charge on any atom is 0.255 e. The molecule has 3 aromatic carbocycles. The zero-order chi connectivity index (χ0) is 20.1. The van der Waals surface area contributed by atoms with E-state index in [9.17, 15) is 13.2 Å². The molecule has 28 heavy (non-hydrogen) atoms. The van der Waals surface area contributed by atoms with Crippen LogP contribution in [0.3, 0.4) is 0 Å². The first-order chi connectivity index (χ1) is 13.3. The van der Waals surface area contributed by atoms with E-state index in [0.717, 1.165) is 5.56 Å². The van der Waals surface area contributed by atoms with E-state index in [0.29, 0.717) is 28.3 Å². The molecule has 0 saturated heterocycles. The Balaban J connectivity index is 1.79. The van der Waals surface area contributed by atoms with Crippen LogP contribution in [0, 0.1) is 6.92 Å². The molecule has 0 atom stereocenters. The predicted octanol–water partition coefficient (Wildman–Crippen LogP) is 4.58. The van der Waals surface area contributed by atoms with Crippen LogP contribution in [0.4, 0.5) is 5.69 Å². The molecule has 6 heteroatoms. The van der Waals surface area contributed by atoms with Crippen molar-refractivity contribution in [2.75, 3.05) is 11.6 Å². The quantitative estimate of drug-likeness (QED) is 0.663. The number of aryl methyl sites for hydroxylation is 1. The summed E-state index contributed by atoms with van der Waals surface area (Å²) in [7, 11) is -3.17. The molecule has 0 fully saturated rings. The van der Waals surface area contributed by atoms with Crippen molar-refractivity contribution in [1.82, 2.24) is 0 Å². The Morgan fingerprint density at radius 2 is 1.68 bits per heavy atom. The van der Waals surface area contributed by atoms with Crippen LogP contribution in [0.15, 0.2) is 72.8 Å². The number of sulfone groups is 1. The summed E-state index contributed by atoms with van der Waals surface area (Å²) in [5, 5.41) is 2.84. The minimum Gasteiger partial charge on any atom is -0.455 e. The first kappa shape index (κ1) is 19.6. The Bertz CT molecular complexity index is 1090. The smallest absolute Gasteiger partial charge is 0.255 e. The monoisotopic (exact) mass is 395 g/mol. The zero-order valence-corrected chi connectivity index (χ0v) is 16.5. The molecule has 144 valence electrons. The van der Waals surface area contributed by atoms with Gasteiger partial charge in [-0.25, -0.2) is 8.42 Å². The number of para-hydroxylation sites is 2. The summed E-state index contributed by atoms with van der Waals surface area (Å²) in [6.07, 6.45) is 1.17. The van der Waals surface area contributed by atoms with E-state index in [1.54, 1.807) is 42.5 Å². The molecular formula is C22H21NO4S. The molecule has 0 aliphatic rings. The molecule has 0 saturated carbocycles. The second-order valence-electron chi connectivity index (χ2n) is 6.64. The average molecular weight is 395 g/mol. The molecule has 0 aliphatic heterocycles. The van der Waals surface area contributed by atoms with Gasteiger partial charge in [0, 0.05) is 11.8 Å². The lowest BCUT2D eigenvalue weighted by Gasteiger charge is -2.13. The molecule has 0 spiro atoms. The van der Waals surface area contributed by atoms with Crippen molar-refractivity contribution in [3.63, 3.8) is 0 Å². The minimum atomic E-state index is -3.17. The number of benzene rings is 3. The maximum absolute atomic E-state index is 12.7. The second-order valence-corrected chi connectivity index (χ2v) is 8.78. The highest BCUT2D eigenvalue weighted by molar-refractivity contribution is 7.89. The summed E-state index contributed by atoms with van der Waals surface area (Å²) < 4.78 is 28.9. The minimum absolute atomic E-state index is 0.110. The second kappa shape index (κ2) is 8.27. The van der Waals surface area contributed by atoms with Crippen molar-refractivity contribution in [3.05, 3.63) is 89.5 Å². The van der Waals surface area contributed by atoms with Gasteiger partial charge in [0.1, 0.15) is 5.75 Å². The van der Waals surface area contributed by atoms with Crippen LogP contribution in [0.5, 0.6) is 11.5 Å². The molecule has 0 heterocycles. The third-order valence-electron chi connectivity index (χ3n) is 4.00. The van der Waals surface area contributed by atoms with E-state index in [4.69, 9.17) is 4.74 Å². The van der Waals surface area contributed by atoms with Crippen molar-refractivity contribution in [3.8, 4) is 11.5 Å². The van der Waals surface area contributed by atoms with Gasteiger partial charge in [-0.05, 0) is 48.9 Å². The van der Waals surface area contributed by atoms with E-state index in [1.807, 2.05) is 37.3 Å². The normalized spacial score (nSPS) is 11.1. The lowest BCUT2D eigenvalue weighted by molar-refractivity contribution is 0.102. The van der Waals surface area contributed by atoms with Gasteiger partial charge in [0.05, 0.1) is 11.4 Å². The number of anilines is 1. The Morgan fingerprint density at radius 1 is 0.964 bits per heavy atom. The van der Waals surface area contributed by atoms with Crippen LogP contribution < -0.4 is 10.1 Å². The van der Waals surface area contributed by atoms with Gasteiger partial charge in [0.25, 0.3) is 5.91 Å². The summed E-state index contributed by atoms with van der Waals surface area (Å²) >= 11 is 0. The van der Waals surface area contributed by atoms with Gasteiger partial charge in [-0.3, -0.25) is 4.79 Å². The van der Waals surface area contributed by atoms with Gasteiger partial charge in [0.15, 0.2) is 15.6 Å². The highest BCUT2D eigenvalue weighted by Gasteiger charge is 2.12. The number of nitrogens with one attached hydrogen (secondary N) is 1. The summed E-state index contributed by atoms with van der Waals surface area (Å²) in [5.74, 6) is 0.742. The number of amides is 1. The molecular weight excluding hydrogens is 374 g/mol. The summed E-state index contributed by atoms with van der Waals surface area (Å²) in [4.78, 5) is 12.7. The van der Waals surface area contributed by atoms with Gasteiger partial charge in [0.2, 0.25) is 0 Å². The number of hydrogen-bond donors (Lipinski definition) is 1. The van der Waals surface area contributed by atoms with Crippen molar-refractivity contribution in [2.24, 2.45) is 0 Å². The fourth-order valence-electron chi connectivity index (χ4n) is 2.69. The van der Waals surface area contributed by atoms with Gasteiger partial charge in [-0.15, -0.1) is 0 Å². The Kier molecular flexibility index (Phi) is 5.80. The Morgan fingerprint density at radius 3 is 2.39 bits per heavy atom. The number of ether oxygens (including phenoxy) is 1. The molecule has 0 radical (unpaired) electrons. The zero-order valence-electron chi connectivity index (χ0n) is 15.7. The van der Waals surface area contributed by atoms with Crippen LogP contribution in [-0.4, -0.2) is 20.6 Å². The van der Waals surface area contributed by atoms with Gasteiger partial charge in [-0.2, -0.15) is 0 Å². The van der Waals surface area contributed by atoms with Crippen LogP contribution in [0.25, 0.3) is 0 Å². The fraction of sp³-hybridized carbons (Fsp3) is 0.136. The summed E-state index contributed by atoms with van der Waals surface area (Å²) in [6, 6.07) is 21.4. The van der Waals surface area contributed by atoms with E-state index in [-0.39, 0.29) is 11.7 Å². The van der Waals surface area contributed by atoms with Crippen molar-refractivity contribution in [1.29, 1.82) is 0 Å². The topological polar surface area (TPSA) is 72.5 Å². The number of hydrogen-bond acceptors (Lipinski definition) is 4. The number of carbonyl (C=O) groups is 1. The molecule has 3 rings (SSSR count). The van der Waals surface area contributed by atoms with E-state index in [1.165, 1.54) is 6.26 Å². The largest absolute Gasteiger partial charge is 0.455 e. The standard InChI is InChI=1S/C22H21NO4S/c1-16-10-12-19(13-11-16)27-21-9-4-3-8-20(21)23-22(24)18-7-5-6-17(14-18)15-28(2,25)26/h3-14H,15H2,1-2H3,(H,23,24). The van der Waals surface area contributed by atoms with Crippen LogP contribution >= 0.6 is 0 Å². The van der Waals surface area contributed by atoms with Crippen LogP contribution in [-0.2, 0) is 15.6 Å². The summed E-state index contributed by atoms with van der Waals surface area (Å²) in [6.45, 7) is 2.00. The Hall–Kier alpha value is -3.12. The van der Waals surface area contributed by atoms with Crippen molar-refractivity contribution < 1.29 is 17.9 Å². The van der Waals surface area contributed by atoms with Crippen molar-refractivity contribution >= 4 is 21.4 Å². The number of carbonyl (C=O) groups excluding carboxylic acids is 1. The summed E-state index contributed by atoms with van der Waals surface area (Å²) in [5.41, 5.74) is 2.61. The van der Waals surface area contributed by atoms with Gasteiger partial charge >= 0.3 is 0 Å². The molecule has 3 aromatic rings. The molecule has 0 aliphatic carbocycles. The van der Waals surface area contributed by atoms with E-state index in [2.05, 4.69) is 5.32 Å². The highest BCUT2D eigenvalue weighted by atomic mass is 32.2. The van der Waals surface area contributed by atoms with Gasteiger partial charge in [-0.1, -0.05) is 42.0 Å². The lowest BCUT2D eigenvalue weighted by atomic mass is 10.1. The number of rotatable bonds is 6. The molecule has 0 aromatic heterocycles. The third kappa shape index (κ3) is 5.44. The average Bonchev–Trinajstić information content (AvgIpc) is 2.64. The first-order valence-corrected chi connectivity index (χ1v) is 10.8. The van der Waals surface area contributed by atoms with Crippen LogP contribution in [0.1, 0.15) is 21.5 Å². The molecule has 1 amide bonds. The predicted molar refractivity (Wildman–Crippen MR) is 111 cm³/mol. The molecule has 0 unspecified atom stereocenters. The van der Waals surface area contributed by atoms with Crippen molar-refractivity contribution in [2.45, 2.75) is 12.7 Å². The molecule has 5 nitrogen and oxygen atoms in total. The van der Waals surface area contributed by atoms with E-state index >= 15 is 0 Å². The molecule has 1 N–H and O–H groups in total. The first-order valence-electron chi connectivity index (χ1n) is 8.72. The maximum atomic E-state index is 12.7. The Labute approximate surface area is 164 Å². The molecule has 0 bridgehead atoms. The van der Waals surface area contributed by atoms with Gasteiger partial charge < -0.3 is 10.1 Å². The lowest BCUT2D eigenvalue weighted by Crippen LogP contribution is -2.13. The third-order valence-corrected chi connectivity index (χ3v) is 4.86. The van der Waals surface area contributed by atoms with Crippen LogP contribution in [0.2, 0.25) is 0 Å².